The summed E-state index contributed by atoms with van der Waals surface area (Å²) in [6, 6.07) is 10.9. The molecule has 0 saturated heterocycles. The molecule has 0 radical (unpaired) electrons. The number of nitrogens with one attached hydrogen (secondary N) is 2. The molecule has 0 heterocycles. The van der Waals surface area contributed by atoms with Crippen molar-refractivity contribution in [2.24, 2.45) is 5.14 Å². The first-order valence-electron chi connectivity index (χ1n) is 6.99. The molecule has 2 amide bonds. The number of benzene rings is 2. The van der Waals surface area contributed by atoms with Gasteiger partial charge in [-0.05, 0) is 43.7 Å². The smallest absolute Gasteiger partial charge is 0.267 e. The van der Waals surface area contributed by atoms with Crippen molar-refractivity contribution in [3.8, 4) is 0 Å². The third-order valence-electron chi connectivity index (χ3n) is 3.36. The van der Waals surface area contributed by atoms with Crippen LogP contribution < -0.4 is 16.0 Å². The number of carbonyl (C=O) groups excluding carboxylic acids is 2. The number of hydrogen-bond donors (Lipinski definition) is 3. The van der Waals surface area contributed by atoms with Crippen molar-refractivity contribution in [2.45, 2.75) is 18.7 Å². The van der Waals surface area contributed by atoms with Gasteiger partial charge in [0.15, 0.2) is 0 Å². The zero-order chi connectivity index (χ0) is 17.9. The second-order valence-electron chi connectivity index (χ2n) is 5.30. The minimum absolute atomic E-state index is 0.0637. The van der Waals surface area contributed by atoms with Crippen LogP contribution in [-0.2, 0) is 10.0 Å². The maximum atomic E-state index is 12.1. The summed E-state index contributed by atoms with van der Waals surface area (Å²) in [6.45, 7) is 3.46. The van der Waals surface area contributed by atoms with Crippen LogP contribution in [0, 0.1) is 13.8 Å². The van der Waals surface area contributed by atoms with Crippen LogP contribution in [0.4, 0.5) is 0 Å². The molecule has 0 spiro atoms. The Hall–Kier alpha value is -2.71. The van der Waals surface area contributed by atoms with Crippen LogP contribution in [0.3, 0.4) is 0 Å². The molecule has 2 aromatic carbocycles. The Labute approximate surface area is 139 Å². The van der Waals surface area contributed by atoms with Crippen LogP contribution in [0.1, 0.15) is 31.8 Å². The van der Waals surface area contributed by atoms with Gasteiger partial charge in [-0.3, -0.25) is 20.4 Å². The number of nitrogens with two attached hydrogens (primary N) is 1. The zero-order valence-corrected chi connectivity index (χ0v) is 14.0. The standard InChI is InChI=1S/C16H17N3O4S/c1-10-3-6-12(7-4-10)15(20)18-19-16(21)13-8-5-11(2)14(9-13)24(17,22)23/h3-9H,1-2H3,(H,18,20)(H,19,21)(H2,17,22,23). The molecule has 0 bridgehead atoms. The van der Waals surface area contributed by atoms with Crippen molar-refractivity contribution in [3.63, 3.8) is 0 Å². The first-order valence-corrected chi connectivity index (χ1v) is 8.54. The summed E-state index contributed by atoms with van der Waals surface area (Å²) in [5.74, 6) is -1.14. The minimum Gasteiger partial charge on any atom is -0.267 e. The van der Waals surface area contributed by atoms with E-state index in [1.807, 2.05) is 6.92 Å². The number of amides is 2. The molecule has 8 heteroatoms. The highest BCUT2D eigenvalue weighted by molar-refractivity contribution is 7.89. The zero-order valence-electron chi connectivity index (χ0n) is 13.2. The van der Waals surface area contributed by atoms with E-state index in [4.69, 9.17) is 5.14 Å². The van der Waals surface area contributed by atoms with Gasteiger partial charge in [0.05, 0.1) is 4.90 Å². The highest BCUT2D eigenvalue weighted by atomic mass is 32.2. The van der Waals surface area contributed by atoms with E-state index in [1.54, 1.807) is 31.2 Å². The lowest BCUT2D eigenvalue weighted by atomic mass is 10.1. The Balaban J connectivity index is 2.10. The van der Waals surface area contributed by atoms with E-state index in [-0.39, 0.29) is 10.5 Å². The van der Waals surface area contributed by atoms with Gasteiger partial charge in [-0.1, -0.05) is 23.8 Å². The van der Waals surface area contributed by atoms with Gasteiger partial charge in [0.2, 0.25) is 10.0 Å². The van der Waals surface area contributed by atoms with E-state index in [0.29, 0.717) is 11.1 Å². The molecule has 2 aromatic rings. The molecular weight excluding hydrogens is 330 g/mol. The summed E-state index contributed by atoms with van der Waals surface area (Å²) in [6.07, 6.45) is 0. The van der Waals surface area contributed by atoms with Gasteiger partial charge in [-0.2, -0.15) is 0 Å². The molecule has 4 N–H and O–H groups in total. The summed E-state index contributed by atoms with van der Waals surface area (Å²) in [4.78, 5) is 23.9. The van der Waals surface area contributed by atoms with E-state index in [9.17, 15) is 18.0 Å². The van der Waals surface area contributed by atoms with Gasteiger partial charge in [0.1, 0.15) is 0 Å². The Bertz CT molecular complexity index is 890. The largest absolute Gasteiger partial charge is 0.269 e. The van der Waals surface area contributed by atoms with E-state index in [1.165, 1.54) is 12.1 Å². The van der Waals surface area contributed by atoms with E-state index in [2.05, 4.69) is 10.9 Å². The molecular formula is C16H17N3O4S. The van der Waals surface area contributed by atoms with E-state index < -0.39 is 21.8 Å². The van der Waals surface area contributed by atoms with Crippen LogP contribution in [0.15, 0.2) is 47.4 Å². The second kappa shape index (κ2) is 6.81. The molecule has 0 atom stereocenters. The van der Waals surface area contributed by atoms with Crippen LogP contribution >= 0.6 is 0 Å². The fourth-order valence-electron chi connectivity index (χ4n) is 2.01. The number of hydrazine groups is 1. The topological polar surface area (TPSA) is 118 Å². The molecule has 0 fully saturated rings. The Kier molecular flexibility index (Phi) is 5.01. The SMILES string of the molecule is Cc1ccc(C(=O)NNC(=O)c2ccc(C)c(S(N)(=O)=O)c2)cc1. The summed E-state index contributed by atoms with van der Waals surface area (Å²) >= 11 is 0. The van der Waals surface area contributed by atoms with Crippen molar-refractivity contribution >= 4 is 21.8 Å². The predicted molar refractivity (Wildman–Crippen MR) is 88.7 cm³/mol. The molecule has 0 aliphatic heterocycles. The normalized spacial score (nSPS) is 11.0. The molecule has 0 unspecified atom stereocenters. The highest BCUT2D eigenvalue weighted by Crippen LogP contribution is 2.15. The molecule has 126 valence electrons. The molecule has 0 aliphatic carbocycles. The lowest BCUT2D eigenvalue weighted by molar-refractivity contribution is 0.0846. The average molecular weight is 347 g/mol. The minimum atomic E-state index is -3.94. The first-order chi connectivity index (χ1) is 11.2. The number of aryl methyl sites for hydroxylation is 2. The quantitative estimate of drug-likeness (QED) is 0.718. The third kappa shape index (κ3) is 4.18. The summed E-state index contributed by atoms with van der Waals surface area (Å²) in [5.41, 5.74) is 6.39. The maximum Gasteiger partial charge on any atom is 0.269 e. The van der Waals surface area contributed by atoms with Gasteiger partial charge >= 0.3 is 0 Å². The Morgan fingerprint density at radius 2 is 1.38 bits per heavy atom. The Morgan fingerprint density at radius 3 is 1.92 bits per heavy atom. The molecule has 0 saturated carbocycles. The van der Waals surface area contributed by atoms with Crippen LogP contribution in [-0.4, -0.2) is 20.2 Å². The third-order valence-corrected chi connectivity index (χ3v) is 4.41. The maximum absolute atomic E-state index is 12.1. The Morgan fingerprint density at radius 1 is 0.875 bits per heavy atom. The predicted octanol–water partition coefficient (Wildman–Crippen LogP) is 1.03. The van der Waals surface area contributed by atoms with Crippen molar-refractivity contribution in [3.05, 3.63) is 64.7 Å². The van der Waals surface area contributed by atoms with Crippen molar-refractivity contribution in [1.82, 2.24) is 10.9 Å². The van der Waals surface area contributed by atoms with Crippen molar-refractivity contribution in [2.75, 3.05) is 0 Å². The number of sulfonamides is 1. The average Bonchev–Trinajstić information content (AvgIpc) is 2.52. The van der Waals surface area contributed by atoms with Gasteiger partial charge in [0, 0.05) is 11.1 Å². The number of hydrogen-bond acceptors (Lipinski definition) is 4. The molecule has 7 nitrogen and oxygen atoms in total. The summed E-state index contributed by atoms with van der Waals surface area (Å²) in [7, 11) is -3.94. The molecule has 2 rings (SSSR count). The van der Waals surface area contributed by atoms with Crippen molar-refractivity contribution in [1.29, 1.82) is 0 Å². The lowest BCUT2D eigenvalue weighted by Crippen LogP contribution is -2.41. The number of rotatable bonds is 3. The van der Waals surface area contributed by atoms with Gasteiger partial charge < -0.3 is 0 Å². The van der Waals surface area contributed by atoms with Crippen LogP contribution in [0.2, 0.25) is 0 Å². The van der Waals surface area contributed by atoms with E-state index >= 15 is 0 Å². The monoisotopic (exact) mass is 347 g/mol. The molecule has 0 aromatic heterocycles. The van der Waals surface area contributed by atoms with E-state index in [0.717, 1.165) is 11.6 Å². The van der Waals surface area contributed by atoms with Crippen molar-refractivity contribution < 1.29 is 18.0 Å². The van der Waals surface area contributed by atoms with Gasteiger partial charge in [0.25, 0.3) is 11.8 Å². The van der Waals surface area contributed by atoms with Crippen LogP contribution in [0.5, 0.6) is 0 Å². The fraction of sp³-hybridized carbons (Fsp3) is 0.125. The lowest BCUT2D eigenvalue weighted by Gasteiger charge is -2.09. The summed E-state index contributed by atoms with van der Waals surface area (Å²) in [5, 5.41) is 5.11. The second-order valence-corrected chi connectivity index (χ2v) is 6.83. The highest BCUT2D eigenvalue weighted by Gasteiger charge is 2.15. The first kappa shape index (κ1) is 17.6. The van der Waals surface area contributed by atoms with Gasteiger partial charge in [-0.25, -0.2) is 13.6 Å². The number of primary sulfonamides is 1. The number of carbonyl (C=O) groups is 2. The molecule has 0 aliphatic rings. The molecule has 24 heavy (non-hydrogen) atoms. The summed E-state index contributed by atoms with van der Waals surface area (Å²) < 4.78 is 23.0. The van der Waals surface area contributed by atoms with Crippen LogP contribution in [0.25, 0.3) is 0 Å². The van der Waals surface area contributed by atoms with Gasteiger partial charge in [-0.15, -0.1) is 0 Å². The fourth-order valence-corrected chi connectivity index (χ4v) is 2.82.